The fourth-order valence-electron chi connectivity index (χ4n) is 2.36. The summed E-state index contributed by atoms with van der Waals surface area (Å²) in [5.74, 6) is 0. The van der Waals surface area contributed by atoms with Gasteiger partial charge in [0.15, 0.2) is 0 Å². The molecule has 0 saturated carbocycles. The van der Waals surface area contributed by atoms with Crippen LogP contribution in [-0.2, 0) is 13.1 Å². The lowest BCUT2D eigenvalue weighted by Gasteiger charge is -2.09. The Bertz CT molecular complexity index is 498. The quantitative estimate of drug-likeness (QED) is 0.832. The lowest BCUT2D eigenvalue weighted by molar-refractivity contribution is 0.618. The third-order valence-electron chi connectivity index (χ3n) is 3.41. The molecule has 0 bridgehead atoms. The van der Waals surface area contributed by atoms with Crippen molar-refractivity contribution in [2.45, 2.75) is 52.2 Å². The number of hydrogen-bond donors (Lipinski definition) is 1. The molecule has 2 aromatic heterocycles. The van der Waals surface area contributed by atoms with Crippen LogP contribution in [0, 0.1) is 0 Å². The van der Waals surface area contributed by atoms with Crippen LogP contribution in [0.25, 0.3) is 0 Å². The van der Waals surface area contributed by atoms with Crippen molar-refractivity contribution in [2.24, 2.45) is 5.73 Å². The summed E-state index contributed by atoms with van der Waals surface area (Å²) in [6, 6.07) is 2.28. The fraction of sp³-hybridized carbons (Fsp3) is 0.533. The molecular formula is C15H24N4. The second-order valence-corrected chi connectivity index (χ2v) is 5.09. The van der Waals surface area contributed by atoms with Crippen molar-refractivity contribution in [3.05, 3.63) is 42.2 Å². The van der Waals surface area contributed by atoms with E-state index in [9.17, 15) is 0 Å². The summed E-state index contributed by atoms with van der Waals surface area (Å²) in [4.78, 5) is 4.23. The number of rotatable bonds is 7. The molecular weight excluding hydrogens is 236 g/mol. The van der Waals surface area contributed by atoms with Crippen molar-refractivity contribution in [3.8, 4) is 0 Å². The van der Waals surface area contributed by atoms with E-state index in [2.05, 4.69) is 46.4 Å². The second-order valence-electron chi connectivity index (χ2n) is 5.09. The van der Waals surface area contributed by atoms with Gasteiger partial charge in [-0.3, -0.25) is 0 Å². The summed E-state index contributed by atoms with van der Waals surface area (Å²) < 4.78 is 4.40. The molecule has 0 radical (unpaired) electrons. The highest BCUT2D eigenvalue weighted by molar-refractivity contribution is 5.16. The van der Waals surface area contributed by atoms with Gasteiger partial charge in [-0.1, -0.05) is 20.3 Å². The number of nitrogens with two attached hydrogens (primary N) is 1. The maximum atomic E-state index is 6.14. The molecule has 0 amide bonds. The zero-order valence-corrected chi connectivity index (χ0v) is 11.9. The zero-order chi connectivity index (χ0) is 13.7. The molecule has 19 heavy (non-hydrogen) atoms. The minimum absolute atomic E-state index is 0.159. The molecule has 2 rings (SSSR count). The third kappa shape index (κ3) is 3.47. The predicted octanol–water partition coefficient (Wildman–Crippen LogP) is 2.94. The lowest BCUT2D eigenvalue weighted by Crippen LogP contribution is -2.09. The van der Waals surface area contributed by atoms with E-state index in [-0.39, 0.29) is 6.04 Å². The molecule has 2 aromatic rings. The Labute approximate surface area is 115 Å². The van der Waals surface area contributed by atoms with Crippen LogP contribution in [-0.4, -0.2) is 14.1 Å². The number of aryl methyl sites for hydroxylation is 1. The van der Waals surface area contributed by atoms with Crippen LogP contribution >= 0.6 is 0 Å². The average molecular weight is 260 g/mol. The van der Waals surface area contributed by atoms with Gasteiger partial charge >= 0.3 is 0 Å². The summed E-state index contributed by atoms with van der Waals surface area (Å²) in [6.45, 7) is 6.24. The molecule has 2 N–H and O–H groups in total. The number of imidazole rings is 1. The zero-order valence-electron chi connectivity index (χ0n) is 11.9. The summed E-state index contributed by atoms with van der Waals surface area (Å²) in [7, 11) is 0. The maximum absolute atomic E-state index is 6.14. The largest absolute Gasteiger partial charge is 0.348 e. The second kappa shape index (κ2) is 6.57. The fourth-order valence-corrected chi connectivity index (χ4v) is 2.36. The van der Waals surface area contributed by atoms with Crippen molar-refractivity contribution in [1.82, 2.24) is 14.1 Å². The van der Waals surface area contributed by atoms with Crippen molar-refractivity contribution in [2.75, 3.05) is 0 Å². The van der Waals surface area contributed by atoms with Crippen molar-refractivity contribution >= 4 is 0 Å². The first kappa shape index (κ1) is 13.9. The van der Waals surface area contributed by atoms with Crippen molar-refractivity contribution in [1.29, 1.82) is 0 Å². The Morgan fingerprint density at radius 3 is 2.89 bits per heavy atom. The minimum atomic E-state index is 0.159. The van der Waals surface area contributed by atoms with E-state index < -0.39 is 0 Å². The van der Waals surface area contributed by atoms with E-state index in [4.69, 9.17) is 5.73 Å². The van der Waals surface area contributed by atoms with E-state index in [0.717, 1.165) is 32.4 Å². The summed E-state index contributed by atoms with van der Waals surface area (Å²) in [5.41, 5.74) is 8.61. The number of nitrogens with zero attached hydrogens (tertiary/aromatic N) is 3. The third-order valence-corrected chi connectivity index (χ3v) is 3.41. The molecule has 0 aliphatic carbocycles. The summed E-state index contributed by atoms with van der Waals surface area (Å²) >= 11 is 0. The molecule has 4 heteroatoms. The highest BCUT2D eigenvalue weighted by atomic mass is 15.1. The Morgan fingerprint density at radius 1 is 1.32 bits per heavy atom. The first-order valence-corrected chi connectivity index (χ1v) is 7.14. The van der Waals surface area contributed by atoms with Crippen molar-refractivity contribution < 1.29 is 0 Å². The number of aromatic nitrogens is 3. The Morgan fingerprint density at radius 2 is 2.16 bits per heavy atom. The van der Waals surface area contributed by atoms with Gasteiger partial charge < -0.3 is 14.9 Å². The van der Waals surface area contributed by atoms with E-state index >= 15 is 0 Å². The predicted molar refractivity (Wildman–Crippen MR) is 77.9 cm³/mol. The molecule has 0 aromatic carbocycles. The van der Waals surface area contributed by atoms with E-state index in [1.165, 1.54) is 11.3 Å². The minimum Gasteiger partial charge on any atom is -0.348 e. The van der Waals surface area contributed by atoms with Crippen LogP contribution in [0.2, 0.25) is 0 Å². The van der Waals surface area contributed by atoms with Gasteiger partial charge in [0.1, 0.15) is 0 Å². The van der Waals surface area contributed by atoms with Crippen LogP contribution in [0.4, 0.5) is 0 Å². The highest BCUT2D eigenvalue weighted by Gasteiger charge is 2.08. The first-order valence-electron chi connectivity index (χ1n) is 7.14. The molecule has 0 aliphatic heterocycles. The Kier molecular flexibility index (Phi) is 4.80. The normalized spacial score (nSPS) is 12.8. The molecule has 4 nitrogen and oxygen atoms in total. The van der Waals surface area contributed by atoms with Crippen LogP contribution < -0.4 is 5.73 Å². The molecule has 1 unspecified atom stereocenters. The average Bonchev–Trinajstić information content (AvgIpc) is 3.01. The molecule has 0 spiro atoms. The van der Waals surface area contributed by atoms with E-state index in [1.807, 2.05) is 12.5 Å². The smallest absolute Gasteiger partial charge is 0.0948 e. The lowest BCUT2D eigenvalue weighted by atomic mass is 10.1. The standard InChI is InChI=1S/C15H24N4/c1-3-5-15(16)13-6-8-18(10-13)11-14-9-17-12-19(14)7-4-2/h6,8-10,12,15H,3-5,7,11,16H2,1-2H3. The molecule has 0 saturated heterocycles. The summed E-state index contributed by atoms with van der Waals surface area (Å²) in [5, 5.41) is 0. The molecule has 0 fully saturated rings. The van der Waals surface area contributed by atoms with Gasteiger partial charge in [-0.15, -0.1) is 0 Å². The van der Waals surface area contributed by atoms with E-state index in [0.29, 0.717) is 0 Å². The Hall–Kier alpha value is -1.55. The first-order chi connectivity index (χ1) is 9.24. The van der Waals surface area contributed by atoms with Crippen LogP contribution in [0.15, 0.2) is 31.0 Å². The summed E-state index contributed by atoms with van der Waals surface area (Å²) in [6.07, 6.45) is 11.4. The Balaban J connectivity index is 2.05. The van der Waals surface area contributed by atoms with Gasteiger partial charge in [-0.05, 0) is 24.5 Å². The molecule has 0 aliphatic rings. The van der Waals surface area contributed by atoms with Crippen molar-refractivity contribution in [3.63, 3.8) is 0 Å². The molecule has 1 atom stereocenters. The van der Waals surface area contributed by atoms with Gasteiger partial charge in [0.25, 0.3) is 0 Å². The topological polar surface area (TPSA) is 48.8 Å². The van der Waals surface area contributed by atoms with Crippen LogP contribution in [0.5, 0.6) is 0 Å². The highest BCUT2D eigenvalue weighted by Crippen LogP contribution is 2.16. The van der Waals surface area contributed by atoms with E-state index in [1.54, 1.807) is 0 Å². The van der Waals surface area contributed by atoms with Gasteiger partial charge in [-0.2, -0.15) is 0 Å². The number of hydrogen-bond acceptors (Lipinski definition) is 2. The van der Waals surface area contributed by atoms with Gasteiger partial charge in [0.05, 0.1) is 18.6 Å². The van der Waals surface area contributed by atoms with Crippen LogP contribution in [0.3, 0.4) is 0 Å². The SMILES string of the molecule is CCCC(N)c1ccn(Cc2cncn2CCC)c1. The molecule has 2 heterocycles. The van der Waals surface area contributed by atoms with Gasteiger partial charge in [0.2, 0.25) is 0 Å². The van der Waals surface area contributed by atoms with Crippen LogP contribution in [0.1, 0.15) is 50.4 Å². The maximum Gasteiger partial charge on any atom is 0.0948 e. The molecule has 104 valence electrons. The van der Waals surface area contributed by atoms with Gasteiger partial charge in [-0.25, -0.2) is 4.98 Å². The monoisotopic (exact) mass is 260 g/mol. The van der Waals surface area contributed by atoms with Gasteiger partial charge in [0, 0.05) is 31.2 Å².